The van der Waals surface area contributed by atoms with Crippen LogP contribution in [0.15, 0.2) is 54.7 Å². The van der Waals surface area contributed by atoms with Crippen LogP contribution in [-0.2, 0) is 4.79 Å². The van der Waals surface area contributed by atoms with Gasteiger partial charge >= 0.3 is 0 Å². The zero-order chi connectivity index (χ0) is 15.1. The van der Waals surface area contributed by atoms with Crippen molar-refractivity contribution in [2.45, 2.75) is 0 Å². The molecule has 2 N–H and O–H groups in total. The van der Waals surface area contributed by atoms with Gasteiger partial charge in [0, 0.05) is 12.3 Å². The molecule has 0 fully saturated rings. The highest BCUT2D eigenvalue weighted by Gasteiger charge is 2.01. The fourth-order valence-electron chi connectivity index (χ4n) is 1.48. The molecule has 2 aromatic rings. The Balaban J connectivity index is 1.86. The van der Waals surface area contributed by atoms with E-state index in [4.69, 9.17) is 12.2 Å². The van der Waals surface area contributed by atoms with Crippen molar-refractivity contribution in [1.82, 2.24) is 10.3 Å². The second kappa shape index (κ2) is 7.25. The summed E-state index contributed by atoms with van der Waals surface area (Å²) in [5.74, 6) is -0.157. The number of amides is 1. The molecule has 2 rings (SSSR count). The van der Waals surface area contributed by atoms with Crippen LogP contribution in [0.4, 0.5) is 10.2 Å². The lowest BCUT2D eigenvalue weighted by Gasteiger charge is -2.06. The summed E-state index contributed by atoms with van der Waals surface area (Å²) in [6.45, 7) is 0. The van der Waals surface area contributed by atoms with Crippen LogP contribution in [0.2, 0.25) is 0 Å². The van der Waals surface area contributed by atoms with E-state index in [9.17, 15) is 9.18 Å². The summed E-state index contributed by atoms with van der Waals surface area (Å²) in [5.41, 5.74) is 0.718. The predicted octanol–water partition coefficient (Wildman–Crippen LogP) is 2.75. The lowest BCUT2D eigenvalue weighted by Crippen LogP contribution is -2.33. The third kappa shape index (κ3) is 5.12. The molecule has 0 saturated carbocycles. The Bertz CT molecular complexity index is 656. The van der Waals surface area contributed by atoms with Gasteiger partial charge < -0.3 is 5.32 Å². The average molecular weight is 301 g/mol. The van der Waals surface area contributed by atoms with Gasteiger partial charge in [-0.15, -0.1) is 0 Å². The number of pyridine rings is 1. The van der Waals surface area contributed by atoms with Crippen LogP contribution in [0.25, 0.3) is 6.08 Å². The Kier molecular flexibility index (Phi) is 5.11. The minimum Gasteiger partial charge on any atom is -0.317 e. The van der Waals surface area contributed by atoms with Crippen molar-refractivity contribution in [1.29, 1.82) is 0 Å². The normalized spacial score (nSPS) is 10.3. The molecule has 4 nitrogen and oxygen atoms in total. The zero-order valence-corrected chi connectivity index (χ0v) is 11.7. The van der Waals surface area contributed by atoms with Gasteiger partial charge in [-0.1, -0.05) is 18.2 Å². The Morgan fingerprint density at radius 2 is 1.95 bits per heavy atom. The van der Waals surface area contributed by atoms with Crippen molar-refractivity contribution in [2.75, 3.05) is 5.32 Å². The molecule has 1 aromatic heterocycles. The Hall–Kier alpha value is -2.60. The molecule has 0 spiro atoms. The molecule has 0 aliphatic carbocycles. The monoisotopic (exact) mass is 301 g/mol. The van der Waals surface area contributed by atoms with Crippen LogP contribution in [-0.4, -0.2) is 16.0 Å². The van der Waals surface area contributed by atoms with Gasteiger partial charge in [0.25, 0.3) is 0 Å². The molecule has 0 bridgehead atoms. The SMILES string of the molecule is O=C(C=Cc1ccc(F)cc1)NC(=S)Nc1ccccn1. The summed E-state index contributed by atoms with van der Waals surface area (Å²) < 4.78 is 12.7. The highest BCUT2D eigenvalue weighted by molar-refractivity contribution is 7.80. The second-order valence-corrected chi connectivity index (χ2v) is 4.45. The lowest BCUT2D eigenvalue weighted by molar-refractivity contribution is -0.115. The summed E-state index contributed by atoms with van der Waals surface area (Å²) in [6.07, 6.45) is 4.50. The van der Waals surface area contributed by atoms with E-state index in [1.807, 2.05) is 0 Å². The largest absolute Gasteiger partial charge is 0.317 e. The highest BCUT2D eigenvalue weighted by atomic mass is 32.1. The number of thiocarbonyl (C=S) groups is 1. The number of halogens is 1. The van der Waals surface area contributed by atoms with Crippen molar-refractivity contribution in [2.24, 2.45) is 0 Å². The van der Waals surface area contributed by atoms with Gasteiger partial charge in [-0.05, 0) is 48.1 Å². The molecule has 106 valence electrons. The molecule has 0 unspecified atom stereocenters. The molecule has 0 aliphatic rings. The Morgan fingerprint density at radius 3 is 2.62 bits per heavy atom. The second-order valence-electron chi connectivity index (χ2n) is 4.04. The van der Waals surface area contributed by atoms with Gasteiger partial charge in [0.1, 0.15) is 11.6 Å². The number of nitrogens with zero attached hydrogens (tertiary/aromatic N) is 1. The standard InChI is InChI=1S/C15H12FN3OS/c16-12-7-4-11(5-8-12)6-9-14(20)19-15(21)18-13-3-1-2-10-17-13/h1-10H,(H2,17,18,19,20,21). The van der Waals surface area contributed by atoms with Gasteiger partial charge in [-0.2, -0.15) is 0 Å². The number of nitrogens with one attached hydrogen (secondary N) is 2. The quantitative estimate of drug-likeness (QED) is 0.676. The number of aromatic nitrogens is 1. The van der Waals surface area contributed by atoms with Crippen molar-refractivity contribution < 1.29 is 9.18 Å². The van der Waals surface area contributed by atoms with E-state index in [-0.39, 0.29) is 16.8 Å². The van der Waals surface area contributed by atoms with Crippen LogP contribution >= 0.6 is 12.2 Å². The average Bonchev–Trinajstić information content (AvgIpc) is 2.47. The van der Waals surface area contributed by atoms with Gasteiger partial charge in [-0.3, -0.25) is 10.1 Å². The van der Waals surface area contributed by atoms with Crippen LogP contribution < -0.4 is 10.6 Å². The highest BCUT2D eigenvalue weighted by Crippen LogP contribution is 2.04. The third-order valence-corrected chi connectivity index (χ3v) is 2.64. The molecule has 1 aromatic carbocycles. The molecule has 0 aliphatic heterocycles. The van der Waals surface area contributed by atoms with Crippen molar-refractivity contribution >= 4 is 35.1 Å². The Labute approximate surface area is 126 Å². The fraction of sp³-hybridized carbons (Fsp3) is 0. The molecule has 1 amide bonds. The van der Waals surface area contributed by atoms with E-state index in [0.717, 1.165) is 5.56 Å². The maximum Gasteiger partial charge on any atom is 0.250 e. The van der Waals surface area contributed by atoms with Crippen molar-refractivity contribution in [3.63, 3.8) is 0 Å². The van der Waals surface area contributed by atoms with E-state index < -0.39 is 0 Å². The smallest absolute Gasteiger partial charge is 0.250 e. The first-order chi connectivity index (χ1) is 10.1. The number of rotatable bonds is 3. The van der Waals surface area contributed by atoms with Crippen LogP contribution in [0, 0.1) is 5.82 Å². The first kappa shape index (κ1) is 14.8. The molecule has 6 heteroatoms. The maximum absolute atomic E-state index is 12.7. The zero-order valence-electron chi connectivity index (χ0n) is 10.9. The lowest BCUT2D eigenvalue weighted by atomic mass is 10.2. The van der Waals surface area contributed by atoms with E-state index in [2.05, 4.69) is 15.6 Å². The number of carbonyl (C=O) groups is 1. The van der Waals surface area contributed by atoms with Gasteiger partial charge in [-0.25, -0.2) is 9.37 Å². The number of benzene rings is 1. The van der Waals surface area contributed by atoms with E-state index in [0.29, 0.717) is 5.82 Å². The molecule has 0 radical (unpaired) electrons. The van der Waals surface area contributed by atoms with Crippen molar-refractivity contribution in [3.05, 3.63) is 66.1 Å². The molecule has 0 saturated heterocycles. The molecular weight excluding hydrogens is 289 g/mol. The maximum atomic E-state index is 12.7. The third-order valence-electron chi connectivity index (χ3n) is 2.44. The topological polar surface area (TPSA) is 54.0 Å². The molecule has 21 heavy (non-hydrogen) atoms. The molecule has 0 atom stereocenters. The van der Waals surface area contributed by atoms with Gasteiger partial charge in [0.15, 0.2) is 5.11 Å². The Morgan fingerprint density at radius 1 is 1.19 bits per heavy atom. The van der Waals surface area contributed by atoms with Crippen LogP contribution in [0.3, 0.4) is 0 Å². The number of hydrogen-bond acceptors (Lipinski definition) is 3. The van der Waals surface area contributed by atoms with Crippen LogP contribution in [0.5, 0.6) is 0 Å². The number of carbonyl (C=O) groups excluding carboxylic acids is 1. The summed E-state index contributed by atoms with van der Waals surface area (Å²) in [6, 6.07) is 11.1. The summed E-state index contributed by atoms with van der Waals surface area (Å²) in [5, 5.41) is 5.43. The minimum absolute atomic E-state index is 0.155. The van der Waals surface area contributed by atoms with E-state index >= 15 is 0 Å². The van der Waals surface area contributed by atoms with E-state index in [1.54, 1.807) is 42.6 Å². The van der Waals surface area contributed by atoms with Gasteiger partial charge in [0.05, 0.1) is 0 Å². The predicted molar refractivity (Wildman–Crippen MR) is 84.0 cm³/mol. The summed E-state index contributed by atoms with van der Waals surface area (Å²) >= 11 is 4.99. The van der Waals surface area contributed by atoms with Gasteiger partial charge in [0.2, 0.25) is 5.91 Å². The molecular formula is C15H12FN3OS. The first-order valence-electron chi connectivity index (χ1n) is 6.10. The first-order valence-corrected chi connectivity index (χ1v) is 6.51. The van der Waals surface area contributed by atoms with E-state index in [1.165, 1.54) is 18.2 Å². The minimum atomic E-state index is -0.382. The molecule has 1 heterocycles. The number of hydrogen-bond donors (Lipinski definition) is 2. The summed E-state index contributed by atoms with van der Waals surface area (Å²) in [7, 11) is 0. The fourth-order valence-corrected chi connectivity index (χ4v) is 1.69. The summed E-state index contributed by atoms with van der Waals surface area (Å²) in [4.78, 5) is 15.7. The van der Waals surface area contributed by atoms with Crippen molar-refractivity contribution in [3.8, 4) is 0 Å². The van der Waals surface area contributed by atoms with Crippen LogP contribution in [0.1, 0.15) is 5.56 Å². The number of anilines is 1.